The molecule has 6 heteroatoms. The highest BCUT2D eigenvalue weighted by atomic mass is 32.1. The van der Waals surface area contributed by atoms with Crippen LogP contribution in [0.4, 0.5) is 5.82 Å². The van der Waals surface area contributed by atoms with Crippen LogP contribution in [0.5, 0.6) is 0 Å². The third-order valence-electron chi connectivity index (χ3n) is 3.73. The van der Waals surface area contributed by atoms with Gasteiger partial charge in [0.15, 0.2) is 5.96 Å². The van der Waals surface area contributed by atoms with Gasteiger partial charge in [0, 0.05) is 54.6 Å². The molecular formula is C19H29N5S. The molecule has 5 nitrogen and oxygen atoms in total. The van der Waals surface area contributed by atoms with E-state index in [1.54, 1.807) is 0 Å². The molecule has 25 heavy (non-hydrogen) atoms. The zero-order chi connectivity index (χ0) is 18.2. The molecule has 136 valence electrons. The Morgan fingerprint density at radius 1 is 1.32 bits per heavy atom. The fourth-order valence-electron chi connectivity index (χ4n) is 2.62. The van der Waals surface area contributed by atoms with E-state index in [2.05, 4.69) is 54.6 Å². The minimum absolute atomic E-state index is 0.318. The van der Waals surface area contributed by atoms with Gasteiger partial charge in [0.2, 0.25) is 0 Å². The van der Waals surface area contributed by atoms with Crippen LogP contribution in [0, 0.1) is 6.92 Å². The molecule has 0 amide bonds. The average molecular weight is 360 g/mol. The molecule has 2 rings (SSSR count). The average Bonchev–Trinajstić information content (AvgIpc) is 2.97. The van der Waals surface area contributed by atoms with E-state index in [4.69, 9.17) is 4.99 Å². The minimum atomic E-state index is 0.318. The van der Waals surface area contributed by atoms with E-state index in [0.717, 1.165) is 30.3 Å². The number of nitrogens with one attached hydrogen (secondary N) is 2. The highest BCUT2D eigenvalue weighted by molar-refractivity contribution is 7.11. The second kappa shape index (κ2) is 9.42. The zero-order valence-corrected chi connectivity index (χ0v) is 16.7. The Morgan fingerprint density at radius 2 is 2.12 bits per heavy atom. The lowest BCUT2D eigenvalue weighted by Crippen LogP contribution is -2.43. The van der Waals surface area contributed by atoms with Crippen LogP contribution in [0.2, 0.25) is 0 Å². The van der Waals surface area contributed by atoms with Gasteiger partial charge in [-0.3, -0.25) is 0 Å². The molecule has 0 aliphatic rings. The topological polar surface area (TPSA) is 52.6 Å². The first-order chi connectivity index (χ1) is 12.0. The first-order valence-corrected chi connectivity index (χ1v) is 9.52. The number of guanidine groups is 1. The van der Waals surface area contributed by atoms with Crippen molar-refractivity contribution in [1.29, 1.82) is 0 Å². The fraction of sp³-hybridized carbons (Fsp3) is 0.474. The molecule has 2 aromatic heterocycles. The number of aromatic nitrogens is 1. The molecule has 0 aromatic carbocycles. The maximum atomic E-state index is 4.74. The maximum absolute atomic E-state index is 4.74. The maximum Gasteiger partial charge on any atom is 0.191 e. The van der Waals surface area contributed by atoms with Gasteiger partial charge in [-0.05, 0) is 39.0 Å². The monoisotopic (exact) mass is 359 g/mol. The Morgan fingerprint density at radius 3 is 2.76 bits per heavy atom. The van der Waals surface area contributed by atoms with E-state index in [1.807, 2.05) is 42.6 Å². The number of hydrogen-bond acceptors (Lipinski definition) is 4. The quantitative estimate of drug-likeness (QED) is 0.589. The normalized spacial score (nSPS) is 12.8. The number of aliphatic imine (C=N–C) groups is 1. The van der Waals surface area contributed by atoms with Gasteiger partial charge in [-0.1, -0.05) is 6.07 Å². The molecule has 1 atom stereocenters. The van der Waals surface area contributed by atoms with Crippen LogP contribution < -0.4 is 15.5 Å². The molecule has 0 aliphatic carbocycles. The highest BCUT2D eigenvalue weighted by Gasteiger charge is 2.09. The van der Waals surface area contributed by atoms with Gasteiger partial charge in [-0.2, -0.15) is 0 Å². The standard InChI is InChI=1S/C19H29N5S/c1-6-20-19(23-14(2)12-17-10-9-15(3)25-17)22-13-16-8-7-11-21-18(16)24(4)5/h7-11,14H,6,12-13H2,1-5H3,(H2,20,22,23). The molecule has 2 aromatic rings. The van der Waals surface area contributed by atoms with Crippen molar-refractivity contribution in [2.75, 3.05) is 25.5 Å². The molecule has 0 fully saturated rings. The van der Waals surface area contributed by atoms with Crippen molar-refractivity contribution in [1.82, 2.24) is 15.6 Å². The van der Waals surface area contributed by atoms with Gasteiger partial charge >= 0.3 is 0 Å². The third kappa shape index (κ3) is 6.05. The molecule has 0 aliphatic heterocycles. The van der Waals surface area contributed by atoms with Crippen LogP contribution in [-0.4, -0.2) is 37.6 Å². The molecule has 2 N–H and O–H groups in total. The summed E-state index contributed by atoms with van der Waals surface area (Å²) in [6, 6.07) is 8.74. The molecule has 1 unspecified atom stereocenters. The molecule has 0 radical (unpaired) electrons. The summed E-state index contributed by atoms with van der Waals surface area (Å²) in [5, 5.41) is 6.84. The van der Waals surface area contributed by atoms with Crippen LogP contribution >= 0.6 is 11.3 Å². The minimum Gasteiger partial charge on any atom is -0.362 e. The second-order valence-electron chi connectivity index (χ2n) is 6.34. The van der Waals surface area contributed by atoms with Crippen LogP contribution in [0.15, 0.2) is 35.5 Å². The van der Waals surface area contributed by atoms with Crippen LogP contribution in [-0.2, 0) is 13.0 Å². The lowest BCUT2D eigenvalue weighted by molar-refractivity contribution is 0.645. The highest BCUT2D eigenvalue weighted by Crippen LogP contribution is 2.17. The number of rotatable bonds is 7. The molecule has 2 heterocycles. The molecule has 0 saturated carbocycles. The van der Waals surface area contributed by atoms with Crippen molar-refractivity contribution in [3.8, 4) is 0 Å². The first kappa shape index (κ1) is 19.2. The van der Waals surface area contributed by atoms with E-state index >= 15 is 0 Å². The predicted octanol–water partition coefficient (Wildman–Crippen LogP) is 3.20. The van der Waals surface area contributed by atoms with Gasteiger partial charge in [0.1, 0.15) is 5.82 Å². The first-order valence-electron chi connectivity index (χ1n) is 8.71. The number of aryl methyl sites for hydroxylation is 1. The van der Waals surface area contributed by atoms with E-state index in [-0.39, 0.29) is 0 Å². The van der Waals surface area contributed by atoms with Gasteiger partial charge in [-0.25, -0.2) is 9.98 Å². The predicted molar refractivity (Wildman–Crippen MR) is 109 cm³/mol. The molecular weight excluding hydrogens is 330 g/mol. The molecule has 0 bridgehead atoms. The number of pyridine rings is 1. The van der Waals surface area contributed by atoms with Crippen LogP contribution in [0.1, 0.15) is 29.2 Å². The van der Waals surface area contributed by atoms with E-state index < -0.39 is 0 Å². The van der Waals surface area contributed by atoms with Gasteiger partial charge in [0.25, 0.3) is 0 Å². The third-order valence-corrected chi connectivity index (χ3v) is 4.75. The number of hydrogen-bond donors (Lipinski definition) is 2. The lowest BCUT2D eigenvalue weighted by atomic mass is 10.2. The summed E-state index contributed by atoms with van der Waals surface area (Å²) in [5.41, 5.74) is 1.12. The van der Waals surface area contributed by atoms with Crippen molar-refractivity contribution < 1.29 is 0 Å². The summed E-state index contributed by atoms with van der Waals surface area (Å²) >= 11 is 1.86. The summed E-state index contributed by atoms with van der Waals surface area (Å²) < 4.78 is 0. The van der Waals surface area contributed by atoms with Crippen molar-refractivity contribution in [3.63, 3.8) is 0 Å². The largest absolute Gasteiger partial charge is 0.362 e. The Hall–Kier alpha value is -2.08. The second-order valence-corrected chi connectivity index (χ2v) is 7.71. The van der Waals surface area contributed by atoms with Crippen molar-refractivity contribution in [2.45, 2.75) is 39.8 Å². The summed E-state index contributed by atoms with van der Waals surface area (Å²) in [6.45, 7) is 7.86. The van der Waals surface area contributed by atoms with Crippen LogP contribution in [0.25, 0.3) is 0 Å². The Balaban J connectivity index is 2.03. The van der Waals surface area contributed by atoms with E-state index in [0.29, 0.717) is 12.6 Å². The number of thiophene rings is 1. The van der Waals surface area contributed by atoms with Gasteiger partial charge in [-0.15, -0.1) is 11.3 Å². The van der Waals surface area contributed by atoms with Gasteiger partial charge in [0.05, 0.1) is 6.54 Å². The Kier molecular flexibility index (Phi) is 7.25. The van der Waals surface area contributed by atoms with E-state index in [1.165, 1.54) is 9.75 Å². The van der Waals surface area contributed by atoms with Gasteiger partial charge < -0.3 is 15.5 Å². The molecule has 0 spiro atoms. The number of nitrogens with zero attached hydrogens (tertiary/aromatic N) is 3. The lowest BCUT2D eigenvalue weighted by Gasteiger charge is -2.18. The van der Waals surface area contributed by atoms with Crippen LogP contribution in [0.3, 0.4) is 0 Å². The molecule has 0 saturated heterocycles. The van der Waals surface area contributed by atoms with E-state index in [9.17, 15) is 0 Å². The van der Waals surface area contributed by atoms with Crippen molar-refractivity contribution in [3.05, 3.63) is 45.8 Å². The summed E-state index contributed by atoms with van der Waals surface area (Å²) in [7, 11) is 4.01. The van der Waals surface area contributed by atoms with Crippen molar-refractivity contribution in [2.24, 2.45) is 4.99 Å². The summed E-state index contributed by atoms with van der Waals surface area (Å²) in [4.78, 5) is 14.0. The fourth-order valence-corrected chi connectivity index (χ4v) is 3.64. The zero-order valence-electron chi connectivity index (χ0n) is 15.8. The Bertz CT molecular complexity index is 693. The summed E-state index contributed by atoms with van der Waals surface area (Å²) in [5.74, 6) is 1.81. The summed E-state index contributed by atoms with van der Waals surface area (Å²) in [6.07, 6.45) is 2.82. The Labute approximate surface area is 155 Å². The van der Waals surface area contributed by atoms with Crippen molar-refractivity contribution >= 4 is 23.1 Å². The smallest absolute Gasteiger partial charge is 0.191 e. The SMILES string of the molecule is CCNC(=NCc1cccnc1N(C)C)NC(C)Cc1ccc(C)s1. The number of anilines is 1.